The number of hydrogen-bond acceptors (Lipinski definition) is 6. The maximum absolute atomic E-state index is 6.25. The normalized spacial score (nSPS) is 16.1. The summed E-state index contributed by atoms with van der Waals surface area (Å²) < 4.78 is 16.6. The van der Waals surface area contributed by atoms with Crippen molar-refractivity contribution in [1.82, 2.24) is 10.1 Å². The molecule has 122 valence electrons. The summed E-state index contributed by atoms with van der Waals surface area (Å²) in [5, 5.41) is 5.04. The fourth-order valence-corrected chi connectivity index (χ4v) is 2.86. The maximum atomic E-state index is 6.25. The smallest absolute Gasteiger partial charge is 0.294 e. The molecule has 3 aromatic rings. The van der Waals surface area contributed by atoms with Crippen LogP contribution in [0.25, 0.3) is 22.6 Å². The van der Waals surface area contributed by atoms with Crippen molar-refractivity contribution in [2.24, 2.45) is 5.73 Å². The summed E-state index contributed by atoms with van der Waals surface area (Å²) in [6.07, 6.45) is 2.87. The molecule has 0 bridgehead atoms. The van der Waals surface area contributed by atoms with E-state index in [1.807, 2.05) is 24.3 Å². The zero-order valence-electron chi connectivity index (χ0n) is 12.7. The zero-order chi connectivity index (χ0) is 15.2. The van der Waals surface area contributed by atoms with Crippen LogP contribution in [0.4, 0.5) is 0 Å². The van der Waals surface area contributed by atoms with E-state index >= 15 is 0 Å². The fourth-order valence-electron chi connectivity index (χ4n) is 2.86. The van der Waals surface area contributed by atoms with Gasteiger partial charge in [-0.2, -0.15) is 4.98 Å². The summed E-state index contributed by atoms with van der Waals surface area (Å²) in [5.74, 6) is 1.47. The second-order valence-corrected chi connectivity index (χ2v) is 5.77. The average Bonchev–Trinajstić information content (AvgIpc) is 3.11. The molecule has 0 saturated heterocycles. The molecule has 1 aliphatic carbocycles. The SMILES string of the molecule is COCc1c(-c2nc(C3(N)CCC3)no2)oc2ccccc12.Cl. The predicted molar refractivity (Wildman–Crippen MR) is 87.2 cm³/mol. The lowest BCUT2D eigenvalue weighted by molar-refractivity contribution is 0.185. The molecule has 0 aliphatic heterocycles. The van der Waals surface area contributed by atoms with E-state index in [9.17, 15) is 0 Å². The predicted octanol–water partition coefficient (Wildman–Crippen LogP) is 3.39. The van der Waals surface area contributed by atoms with E-state index in [1.54, 1.807) is 7.11 Å². The number of fused-ring (bicyclic) bond motifs is 1. The minimum atomic E-state index is -0.449. The maximum Gasteiger partial charge on any atom is 0.294 e. The standard InChI is InChI=1S/C16H17N3O3.ClH/c1-20-9-11-10-5-2-3-6-12(10)21-13(11)14-18-15(19-22-14)16(17)7-4-8-16;/h2-3,5-6H,4,7-9,17H2,1H3;1H. The molecule has 1 aromatic carbocycles. The zero-order valence-corrected chi connectivity index (χ0v) is 13.6. The van der Waals surface area contributed by atoms with Crippen molar-refractivity contribution in [2.75, 3.05) is 7.11 Å². The molecule has 1 saturated carbocycles. The Kier molecular flexibility index (Phi) is 4.14. The van der Waals surface area contributed by atoms with E-state index < -0.39 is 5.54 Å². The van der Waals surface area contributed by atoms with Crippen molar-refractivity contribution >= 4 is 23.4 Å². The highest BCUT2D eigenvalue weighted by atomic mass is 35.5. The number of furan rings is 1. The molecule has 2 aromatic heterocycles. The number of nitrogens with two attached hydrogens (primary N) is 1. The highest BCUT2D eigenvalue weighted by Crippen LogP contribution is 2.39. The van der Waals surface area contributed by atoms with Crippen molar-refractivity contribution in [3.05, 3.63) is 35.7 Å². The van der Waals surface area contributed by atoms with Gasteiger partial charge in [-0.3, -0.25) is 0 Å². The van der Waals surface area contributed by atoms with E-state index in [4.69, 9.17) is 19.4 Å². The van der Waals surface area contributed by atoms with Gasteiger partial charge in [0.1, 0.15) is 5.58 Å². The molecule has 1 fully saturated rings. The van der Waals surface area contributed by atoms with Gasteiger partial charge in [-0.15, -0.1) is 12.4 Å². The Morgan fingerprint density at radius 3 is 2.78 bits per heavy atom. The first kappa shape index (κ1) is 16.0. The molecule has 2 heterocycles. The van der Waals surface area contributed by atoms with Gasteiger partial charge < -0.3 is 19.4 Å². The van der Waals surface area contributed by atoms with Crippen LogP contribution >= 0.6 is 12.4 Å². The Hall–Kier alpha value is -1.89. The van der Waals surface area contributed by atoms with E-state index in [-0.39, 0.29) is 12.4 Å². The largest absolute Gasteiger partial charge is 0.450 e. The van der Waals surface area contributed by atoms with Crippen molar-refractivity contribution in [3.8, 4) is 11.7 Å². The summed E-state index contributed by atoms with van der Waals surface area (Å²) in [6.45, 7) is 0.415. The quantitative estimate of drug-likeness (QED) is 0.786. The Morgan fingerprint density at radius 2 is 2.09 bits per heavy atom. The van der Waals surface area contributed by atoms with E-state index in [1.165, 1.54) is 0 Å². The van der Waals surface area contributed by atoms with E-state index in [0.29, 0.717) is 24.1 Å². The van der Waals surface area contributed by atoms with Gasteiger partial charge in [0.15, 0.2) is 11.6 Å². The summed E-state index contributed by atoms with van der Waals surface area (Å²) in [5.41, 5.74) is 7.48. The first-order chi connectivity index (χ1) is 10.7. The van der Waals surface area contributed by atoms with Crippen molar-refractivity contribution in [2.45, 2.75) is 31.4 Å². The third-order valence-corrected chi connectivity index (χ3v) is 4.30. The number of aromatic nitrogens is 2. The Morgan fingerprint density at radius 1 is 1.30 bits per heavy atom. The number of benzene rings is 1. The van der Waals surface area contributed by atoms with Crippen LogP contribution in [0, 0.1) is 0 Å². The van der Waals surface area contributed by atoms with E-state index in [0.717, 1.165) is 35.8 Å². The molecule has 0 amide bonds. The number of para-hydroxylation sites is 1. The lowest BCUT2D eigenvalue weighted by Gasteiger charge is -2.34. The van der Waals surface area contributed by atoms with Gasteiger partial charge in [0.25, 0.3) is 5.89 Å². The summed E-state index contributed by atoms with van der Waals surface area (Å²) in [7, 11) is 1.65. The lowest BCUT2D eigenvalue weighted by atomic mass is 9.77. The fraction of sp³-hybridized carbons (Fsp3) is 0.375. The van der Waals surface area contributed by atoms with Gasteiger partial charge in [-0.1, -0.05) is 23.4 Å². The van der Waals surface area contributed by atoms with Crippen LogP contribution in [0.1, 0.15) is 30.7 Å². The molecule has 6 nitrogen and oxygen atoms in total. The molecule has 2 N–H and O–H groups in total. The topological polar surface area (TPSA) is 87.3 Å². The van der Waals surface area contributed by atoms with Gasteiger partial charge in [-0.05, 0) is 25.3 Å². The van der Waals surface area contributed by atoms with Crippen LogP contribution in [0.3, 0.4) is 0 Å². The highest BCUT2D eigenvalue weighted by Gasteiger charge is 2.39. The number of rotatable bonds is 4. The molecule has 0 radical (unpaired) electrons. The van der Waals surface area contributed by atoms with Crippen LogP contribution in [0.15, 0.2) is 33.2 Å². The van der Waals surface area contributed by atoms with Gasteiger partial charge >= 0.3 is 0 Å². The molecule has 4 rings (SSSR count). The molecular weight excluding hydrogens is 318 g/mol. The monoisotopic (exact) mass is 335 g/mol. The second kappa shape index (κ2) is 5.96. The van der Waals surface area contributed by atoms with Crippen LogP contribution in [-0.2, 0) is 16.9 Å². The van der Waals surface area contributed by atoms with Gasteiger partial charge in [-0.25, -0.2) is 0 Å². The summed E-state index contributed by atoms with van der Waals surface area (Å²) in [4.78, 5) is 4.46. The Labute approximate surface area is 139 Å². The number of halogens is 1. The third kappa shape index (κ3) is 2.52. The molecule has 0 spiro atoms. The molecular formula is C16H18ClN3O3. The van der Waals surface area contributed by atoms with E-state index in [2.05, 4.69) is 10.1 Å². The summed E-state index contributed by atoms with van der Waals surface area (Å²) in [6, 6.07) is 7.79. The van der Waals surface area contributed by atoms with Crippen molar-refractivity contribution in [1.29, 1.82) is 0 Å². The number of hydrogen-bond donors (Lipinski definition) is 1. The number of ether oxygens (including phenoxy) is 1. The molecule has 7 heteroatoms. The van der Waals surface area contributed by atoms with Crippen molar-refractivity contribution in [3.63, 3.8) is 0 Å². The van der Waals surface area contributed by atoms with Crippen LogP contribution in [0.5, 0.6) is 0 Å². The van der Waals surface area contributed by atoms with Gasteiger partial charge in [0.2, 0.25) is 0 Å². The molecule has 1 aliphatic rings. The van der Waals surface area contributed by atoms with Crippen LogP contribution in [0.2, 0.25) is 0 Å². The minimum absolute atomic E-state index is 0. The molecule has 0 unspecified atom stereocenters. The first-order valence-electron chi connectivity index (χ1n) is 7.34. The molecule has 0 atom stereocenters. The summed E-state index contributed by atoms with van der Waals surface area (Å²) >= 11 is 0. The van der Waals surface area contributed by atoms with Crippen molar-refractivity contribution < 1.29 is 13.7 Å². The first-order valence-corrected chi connectivity index (χ1v) is 7.34. The number of nitrogens with zero attached hydrogens (tertiary/aromatic N) is 2. The second-order valence-electron chi connectivity index (χ2n) is 5.77. The highest BCUT2D eigenvalue weighted by molar-refractivity contribution is 5.86. The Balaban J connectivity index is 0.00000156. The van der Waals surface area contributed by atoms with Gasteiger partial charge in [0, 0.05) is 18.1 Å². The minimum Gasteiger partial charge on any atom is -0.450 e. The van der Waals surface area contributed by atoms with Gasteiger partial charge in [0.05, 0.1) is 12.1 Å². The van der Waals surface area contributed by atoms with Crippen LogP contribution < -0.4 is 5.73 Å². The average molecular weight is 336 g/mol. The third-order valence-electron chi connectivity index (χ3n) is 4.30. The molecule has 23 heavy (non-hydrogen) atoms. The Bertz CT molecular complexity index is 823. The number of methoxy groups -OCH3 is 1. The lowest BCUT2D eigenvalue weighted by Crippen LogP contribution is -2.44. The van der Waals surface area contributed by atoms with Crippen LogP contribution in [-0.4, -0.2) is 17.3 Å².